The molecule has 5 heteroatoms. The van der Waals surface area contributed by atoms with E-state index in [0.717, 1.165) is 0 Å². The Hall–Kier alpha value is -1.88. The van der Waals surface area contributed by atoms with E-state index in [-0.39, 0.29) is 6.61 Å². The summed E-state index contributed by atoms with van der Waals surface area (Å²) in [5, 5.41) is 0. The minimum absolute atomic E-state index is 0.198. The van der Waals surface area contributed by atoms with Crippen LogP contribution in [0.1, 0.15) is 41.5 Å². The molecule has 1 aromatic rings. The molecule has 0 spiro atoms. The standard InChI is InChI=1S/C15H20O5/c1-15(2,3)20-14(17)12-7-5-11(6-8-12)13(16)19-10-9-18-4/h5-8H,9-10H2,1-4H3. The number of carbonyl (C=O) groups is 2. The van der Waals surface area contributed by atoms with Gasteiger partial charge in [-0.1, -0.05) is 0 Å². The van der Waals surface area contributed by atoms with Crippen LogP contribution < -0.4 is 0 Å². The summed E-state index contributed by atoms with van der Waals surface area (Å²) in [6, 6.07) is 6.16. The molecular weight excluding hydrogens is 260 g/mol. The minimum atomic E-state index is -0.547. The van der Waals surface area contributed by atoms with E-state index >= 15 is 0 Å². The van der Waals surface area contributed by atoms with Crippen molar-refractivity contribution < 1.29 is 23.8 Å². The number of hydrogen-bond acceptors (Lipinski definition) is 5. The summed E-state index contributed by atoms with van der Waals surface area (Å²) in [5.74, 6) is -0.866. The molecule has 0 N–H and O–H groups in total. The molecule has 0 aliphatic rings. The summed E-state index contributed by atoms with van der Waals surface area (Å²) in [6.07, 6.45) is 0. The first-order chi connectivity index (χ1) is 9.33. The number of hydrogen-bond donors (Lipinski definition) is 0. The van der Waals surface area contributed by atoms with E-state index in [1.54, 1.807) is 32.9 Å². The smallest absolute Gasteiger partial charge is 0.338 e. The van der Waals surface area contributed by atoms with Crippen molar-refractivity contribution >= 4 is 11.9 Å². The molecule has 0 amide bonds. The van der Waals surface area contributed by atoms with E-state index in [1.807, 2.05) is 0 Å². The molecule has 0 atom stereocenters. The summed E-state index contributed by atoms with van der Waals surface area (Å²) < 4.78 is 15.0. The molecule has 1 rings (SSSR count). The largest absolute Gasteiger partial charge is 0.460 e. The fourth-order valence-electron chi connectivity index (χ4n) is 1.38. The fraction of sp³-hybridized carbons (Fsp3) is 0.467. The third kappa shape index (κ3) is 5.40. The molecule has 0 unspecified atom stereocenters. The van der Waals surface area contributed by atoms with Crippen molar-refractivity contribution in [3.8, 4) is 0 Å². The van der Waals surface area contributed by atoms with Crippen LogP contribution in [0, 0.1) is 0 Å². The minimum Gasteiger partial charge on any atom is -0.460 e. The van der Waals surface area contributed by atoms with Gasteiger partial charge in [0, 0.05) is 7.11 Å². The van der Waals surface area contributed by atoms with Crippen LogP contribution in [-0.2, 0) is 14.2 Å². The van der Waals surface area contributed by atoms with Crippen molar-refractivity contribution in [2.24, 2.45) is 0 Å². The molecule has 0 saturated heterocycles. The van der Waals surface area contributed by atoms with Gasteiger partial charge in [0.1, 0.15) is 12.2 Å². The fourth-order valence-corrected chi connectivity index (χ4v) is 1.38. The van der Waals surface area contributed by atoms with Crippen LogP contribution in [0.3, 0.4) is 0 Å². The second kappa shape index (κ2) is 7.05. The molecule has 110 valence electrons. The van der Waals surface area contributed by atoms with E-state index in [0.29, 0.717) is 17.7 Å². The van der Waals surface area contributed by atoms with Gasteiger partial charge in [0.2, 0.25) is 0 Å². The first-order valence-electron chi connectivity index (χ1n) is 6.33. The zero-order valence-electron chi connectivity index (χ0n) is 12.3. The topological polar surface area (TPSA) is 61.8 Å². The Balaban J connectivity index is 2.64. The summed E-state index contributed by atoms with van der Waals surface area (Å²) in [6.45, 7) is 5.94. The van der Waals surface area contributed by atoms with Crippen LogP contribution in [0.15, 0.2) is 24.3 Å². The molecule has 1 aromatic carbocycles. The predicted molar refractivity (Wildman–Crippen MR) is 73.8 cm³/mol. The van der Waals surface area contributed by atoms with Crippen molar-refractivity contribution in [2.75, 3.05) is 20.3 Å². The van der Waals surface area contributed by atoms with Gasteiger partial charge < -0.3 is 14.2 Å². The maximum absolute atomic E-state index is 11.8. The molecule has 0 bridgehead atoms. The lowest BCUT2D eigenvalue weighted by Crippen LogP contribution is -2.23. The summed E-state index contributed by atoms with van der Waals surface area (Å²) in [5.41, 5.74) is 0.233. The van der Waals surface area contributed by atoms with Gasteiger partial charge in [0.25, 0.3) is 0 Å². The van der Waals surface area contributed by atoms with E-state index in [4.69, 9.17) is 14.2 Å². The lowest BCUT2D eigenvalue weighted by molar-refractivity contribution is 0.00689. The van der Waals surface area contributed by atoms with Crippen LogP contribution in [0.25, 0.3) is 0 Å². The molecule has 0 aliphatic carbocycles. The average Bonchev–Trinajstić information content (AvgIpc) is 2.37. The second-order valence-electron chi connectivity index (χ2n) is 5.21. The molecule has 0 heterocycles. The highest BCUT2D eigenvalue weighted by atomic mass is 16.6. The third-order valence-corrected chi connectivity index (χ3v) is 2.28. The van der Waals surface area contributed by atoms with E-state index in [2.05, 4.69) is 0 Å². The SMILES string of the molecule is COCCOC(=O)c1ccc(C(=O)OC(C)(C)C)cc1. The van der Waals surface area contributed by atoms with Gasteiger partial charge in [-0.15, -0.1) is 0 Å². The first-order valence-corrected chi connectivity index (χ1v) is 6.33. The van der Waals surface area contributed by atoms with E-state index in [9.17, 15) is 9.59 Å². The average molecular weight is 280 g/mol. The zero-order chi connectivity index (χ0) is 15.2. The molecule has 5 nitrogen and oxygen atoms in total. The van der Waals surface area contributed by atoms with Crippen LogP contribution in [-0.4, -0.2) is 37.9 Å². The maximum Gasteiger partial charge on any atom is 0.338 e. The van der Waals surface area contributed by atoms with E-state index in [1.165, 1.54) is 19.2 Å². The second-order valence-corrected chi connectivity index (χ2v) is 5.21. The molecule has 0 aliphatic heterocycles. The number of rotatable bonds is 5. The number of benzene rings is 1. The van der Waals surface area contributed by atoms with Gasteiger partial charge >= 0.3 is 11.9 Å². The molecule has 20 heavy (non-hydrogen) atoms. The quantitative estimate of drug-likeness (QED) is 0.612. The zero-order valence-corrected chi connectivity index (χ0v) is 12.3. The molecule has 0 saturated carbocycles. The van der Waals surface area contributed by atoms with Crippen molar-refractivity contribution in [3.63, 3.8) is 0 Å². The Morgan fingerprint density at radius 3 is 1.90 bits per heavy atom. The Morgan fingerprint density at radius 2 is 1.45 bits per heavy atom. The van der Waals surface area contributed by atoms with Gasteiger partial charge in [0.05, 0.1) is 17.7 Å². The van der Waals surface area contributed by atoms with Gasteiger partial charge in [-0.25, -0.2) is 9.59 Å². The van der Waals surface area contributed by atoms with Crippen LogP contribution >= 0.6 is 0 Å². The van der Waals surface area contributed by atoms with Crippen LogP contribution in [0.4, 0.5) is 0 Å². The molecular formula is C15H20O5. The maximum atomic E-state index is 11.8. The highest BCUT2D eigenvalue weighted by Crippen LogP contribution is 2.13. The Kier molecular flexibility index (Phi) is 5.70. The molecule has 0 fully saturated rings. The van der Waals surface area contributed by atoms with Gasteiger partial charge in [-0.2, -0.15) is 0 Å². The van der Waals surface area contributed by atoms with Crippen molar-refractivity contribution in [3.05, 3.63) is 35.4 Å². The normalized spacial score (nSPS) is 11.0. The van der Waals surface area contributed by atoms with Gasteiger partial charge in [-0.3, -0.25) is 0 Å². The number of ether oxygens (including phenoxy) is 3. The highest BCUT2D eigenvalue weighted by Gasteiger charge is 2.18. The highest BCUT2D eigenvalue weighted by molar-refractivity contribution is 5.93. The lowest BCUT2D eigenvalue weighted by atomic mass is 10.1. The summed E-state index contributed by atoms with van der Waals surface area (Å²) in [4.78, 5) is 23.4. The van der Waals surface area contributed by atoms with Gasteiger partial charge in [0.15, 0.2) is 0 Å². The predicted octanol–water partition coefficient (Wildman–Crippen LogP) is 2.45. The molecule has 0 aromatic heterocycles. The Morgan fingerprint density at radius 1 is 0.950 bits per heavy atom. The Bertz CT molecular complexity index is 456. The van der Waals surface area contributed by atoms with E-state index < -0.39 is 17.5 Å². The lowest BCUT2D eigenvalue weighted by Gasteiger charge is -2.19. The van der Waals surface area contributed by atoms with Crippen molar-refractivity contribution in [2.45, 2.75) is 26.4 Å². The number of carbonyl (C=O) groups excluding carboxylic acids is 2. The monoisotopic (exact) mass is 280 g/mol. The van der Waals surface area contributed by atoms with Crippen LogP contribution in [0.5, 0.6) is 0 Å². The van der Waals surface area contributed by atoms with Crippen molar-refractivity contribution in [1.29, 1.82) is 0 Å². The number of esters is 2. The number of methoxy groups -OCH3 is 1. The Labute approximate surface area is 118 Å². The first kappa shape index (κ1) is 16.2. The summed E-state index contributed by atoms with van der Waals surface area (Å²) in [7, 11) is 1.53. The van der Waals surface area contributed by atoms with Crippen molar-refractivity contribution in [1.82, 2.24) is 0 Å². The van der Waals surface area contributed by atoms with Gasteiger partial charge in [-0.05, 0) is 45.0 Å². The summed E-state index contributed by atoms with van der Waals surface area (Å²) >= 11 is 0. The molecule has 0 radical (unpaired) electrons. The van der Waals surface area contributed by atoms with Crippen LogP contribution in [0.2, 0.25) is 0 Å². The third-order valence-electron chi connectivity index (χ3n) is 2.28.